The van der Waals surface area contributed by atoms with E-state index in [0.717, 1.165) is 36.0 Å². The third kappa shape index (κ3) is 12.4. The standard InChI is InChI=1S/C24H43O3P.C20H19O3P/c1-19(16-23(3,4)5)14-15-21(20(2)17-24(6,7)8)18-27-28(25,26)22-12-10-9-11-13-22;1-23-24(21,22)20(17-11-5-2-6-12-17,18-13-7-3-8-14-18)19-15-9-4-10-16-19/h9-13,19-21H,14-18H2,1-8H3,(H,25,26);2-16H,1H3,(H,21,22). The van der Waals surface area contributed by atoms with Crippen LogP contribution in [0.1, 0.15) is 97.8 Å². The van der Waals surface area contributed by atoms with Crippen molar-refractivity contribution in [3.05, 3.63) is 138 Å². The van der Waals surface area contributed by atoms with Gasteiger partial charge in [0.1, 0.15) is 5.16 Å². The van der Waals surface area contributed by atoms with E-state index in [9.17, 15) is 18.9 Å². The van der Waals surface area contributed by atoms with Gasteiger partial charge in [-0.25, -0.2) is 0 Å². The highest BCUT2D eigenvalue weighted by Crippen LogP contribution is 2.66. The van der Waals surface area contributed by atoms with Crippen molar-refractivity contribution in [2.24, 2.45) is 28.6 Å². The fraction of sp³-hybridized carbons (Fsp3) is 0.455. The van der Waals surface area contributed by atoms with Gasteiger partial charge in [-0.05, 0) is 76.7 Å². The summed E-state index contributed by atoms with van der Waals surface area (Å²) in [5, 5.41) is -0.913. The summed E-state index contributed by atoms with van der Waals surface area (Å²) in [5.41, 5.74) is 2.72. The lowest BCUT2D eigenvalue weighted by molar-refractivity contribution is 0.140. The van der Waals surface area contributed by atoms with E-state index in [1.165, 1.54) is 13.5 Å². The molecule has 0 aliphatic heterocycles. The summed E-state index contributed by atoms with van der Waals surface area (Å²) in [6.07, 6.45) is 4.43. The van der Waals surface area contributed by atoms with Gasteiger partial charge in [0.05, 0.1) is 11.9 Å². The second-order valence-corrected chi connectivity index (χ2v) is 20.5. The molecule has 6 nitrogen and oxygen atoms in total. The molecule has 0 radical (unpaired) electrons. The predicted octanol–water partition coefficient (Wildman–Crippen LogP) is 11.9. The average molecular weight is 749 g/mol. The van der Waals surface area contributed by atoms with E-state index in [4.69, 9.17) is 9.05 Å². The van der Waals surface area contributed by atoms with Gasteiger partial charge < -0.3 is 18.8 Å². The first-order valence-electron chi connectivity index (χ1n) is 18.4. The van der Waals surface area contributed by atoms with Gasteiger partial charge in [-0.3, -0.25) is 9.13 Å². The van der Waals surface area contributed by atoms with Crippen molar-refractivity contribution in [1.29, 1.82) is 0 Å². The second-order valence-electron chi connectivity index (χ2n) is 16.6. The minimum Gasteiger partial charge on any atom is -0.323 e. The third-order valence-electron chi connectivity index (χ3n) is 9.52. The molecule has 4 aromatic carbocycles. The Bertz CT molecular complexity index is 1600. The van der Waals surface area contributed by atoms with Crippen molar-refractivity contribution in [2.75, 3.05) is 13.7 Å². The molecule has 4 rings (SSSR count). The van der Waals surface area contributed by atoms with Gasteiger partial charge in [0.15, 0.2) is 0 Å². The van der Waals surface area contributed by atoms with Crippen molar-refractivity contribution in [2.45, 2.75) is 86.2 Å². The maximum Gasteiger partial charge on any atom is 0.358 e. The maximum absolute atomic E-state index is 13.3. The molecular weight excluding hydrogens is 686 g/mol. The van der Waals surface area contributed by atoms with Crippen molar-refractivity contribution < 1.29 is 28.0 Å². The van der Waals surface area contributed by atoms with Crippen molar-refractivity contribution in [3.8, 4) is 0 Å². The zero-order valence-electron chi connectivity index (χ0n) is 32.7. The van der Waals surface area contributed by atoms with Crippen LogP contribution in [0, 0.1) is 28.6 Å². The van der Waals surface area contributed by atoms with Gasteiger partial charge in [0, 0.05) is 7.11 Å². The Kier molecular flexibility index (Phi) is 15.9. The Hall–Kier alpha value is -2.82. The van der Waals surface area contributed by atoms with Crippen molar-refractivity contribution in [1.82, 2.24) is 0 Å². The van der Waals surface area contributed by atoms with Crippen LogP contribution in [0.15, 0.2) is 121 Å². The van der Waals surface area contributed by atoms with Crippen molar-refractivity contribution in [3.63, 3.8) is 0 Å². The first-order chi connectivity index (χ1) is 24.3. The normalized spacial score (nSPS) is 16.4. The van der Waals surface area contributed by atoms with Crippen LogP contribution in [0.3, 0.4) is 0 Å². The first kappa shape index (κ1) is 43.6. The summed E-state index contributed by atoms with van der Waals surface area (Å²) in [5.74, 6) is 1.36. The minimum atomic E-state index is -4.08. The molecule has 0 amide bonds. The van der Waals surface area contributed by atoms with Crippen LogP contribution in [-0.4, -0.2) is 23.5 Å². The number of rotatable bonds is 15. The van der Waals surface area contributed by atoms with Crippen LogP contribution in [-0.2, 0) is 23.3 Å². The minimum absolute atomic E-state index is 0.233. The summed E-state index contributed by atoms with van der Waals surface area (Å²) in [7, 11) is -6.57. The Morgan fingerprint density at radius 1 is 0.596 bits per heavy atom. The lowest BCUT2D eigenvalue weighted by Crippen LogP contribution is -2.30. The Labute approximate surface area is 314 Å². The molecule has 0 aromatic heterocycles. The van der Waals surface area contributed by atoms with Gasteiger partial charge in [-0.1, -0.05) is 171 Å². The second kappa shape index (κ2) is 19.0. The van der Waals surface area contributed by atoms with E-state index < -0.39 is 20.3 Å². The van der Waals surface area contributed by atoms with Gasteiger partial charge in [-0.15, -0.1) is 0 Å². The Balaban J connectivity index is 0.000000283. The highest BCUT2D eigenvalue weighted by atomic mass is 31.2. The fourth-order valence-electron chi connectivity index (χ4n) is 7.36. The quantitative estimate of drug-likeness (QED) is 0.0929. The molecule has 4 aromatic rings. The van der Waals surface area contributed by atoms with E-state index in [1.54, 1.807) is 24.3 Å². The van der Waals surface area contributed by atoms with Crippen LogP contribution in [0.2, 0.25) is 0 Å². The Morgan fingerprint density at radius 3 is 1.35 bits per heavy atom. The molecular formula is C44H62O6P2. The van der Waals surface area contributed by atoms with Crippen molar-refractivity contribution >= 4 is 20.5 Å². The molecule has 0 saturated heterocycles. The van der Waals surface area contributed by atoms with Crippen LogP contribution >= 0.6 is 15.2 Å². The smallest absolute Gasteiger partial charge is 0.323 e. The third-order valence-corrected chi connectivity index (χ3v) is 13.1. The molecule has 0 heterocycles. The van der Waals surface area contributed by atoms with Crippen LogP contribution in [0.25, 0.3) is 0 Å². The van der Waals surface area contributed by atoms with E-state index in [1.807, 2.05) is 97.1 Å². The molecule has 0 fully saturated rings. The maximum atomic E-state index is 13.3. The summed E-state index contributed by atoms with van der Waals surface area (Å²) in [6, 6.07) is 36.8. The lowest BCUT2D eigenvalue weighted by Gasteiger charge is -2.37. The molecule has 0 saturated carbocycles. The number of hydrogen-bond acceptors (Lipinski definition) is 4. The molecule has 0 aliphatic carbocycles. The zero-order chi connectivity index (χ0) is 38.6. The van der Waals surface area contributed by atoms with Gasteiger partial charge >= 0.3 is 15.2 Å². The SMILES string of the molecule is CC(CCC(COP(=O)(O)c1ccccc1)C(C)CC(C)(C)C)CC(C)(C)C.COP(=O)(O)C(c1ccccc1)(c1ccccc1)c1ccccc1. The monoisotopic (exact) mass is 748 g/mol. The van der Waals surface area contributed by atoms with E-state index in [-0.39, 0.29) is 11.3 Å². The molecule has 52 heavy (non-hydrogen) atoms. The first-order valence-corrected chi connectivity index (χ1v) is 21.6. The largest absolute Gasteiger partial charge is 0.358 e. The lowest BCUT2D eigenvalue weighted by atomic mass is 9.76. The van der Waals surface area contributed by atoms with Crippen LogP contribution in [0.5, 0.6) is 0 Å². The van der Waals surface area contributed by atoms with E-state index in [0.29, 0.717) is 29.2 Å². The molecule has 284 valence electrons. The fourth-order valence-corrected chi connectivity index (χ4v) is 10.2. The topological polar surface area (TPSA) is 93.1 Å². The summed E-state index contributed by atoms with van der Waals surface area (Å²) in [4.78, 5) is 21.3. The average Bonchev–Trinajstić information content (AvgIpc) is 3.09. The van der Waals surface area contributed by atoms with Crippen LogP contribution in [0.4, 0.5) is 0 Å². The summed E-state index contributed by atoms with van der Waals surface area (Å²) < 4.78 is 36.9. The summed E-state index contributed by atoms with van der Waals surface area (Å²) in [6.45, 7) is 18.5. The summed E-state index contributed by atoms with van der Waals surface area (Å²) >= 11 is 0. The van der Waals surface area contributed by atoms with Gasteiger partial charge in [-0.2, -0.15) is 0 Å². The number of benzene rings is 4. The highest BCUT2D eigenvalue weighted by Gasteiger charge is 2.52. The molecule has 0 aliphatic rings. The van der Waals surface area contributed by atoms with E-state index >= 15 is 0 Å². The Morgan fingerprint density at radius 2 is 0.981 bits per heavy atom. The molecule has 0 spiro atoms. The molecule has 5 atom stereocenters. The number of hydrogen-bond donors (Lipinski definition) is 2. The van der Waals surface area contributed by atoms with Gasteiger partial charge in [0.25, 0.3) is 0 Å². The molecule has 0 bridgehead atoms. The highest BCUT2D eigenvalue weighted by molar-refractivity contribution is 7.61. The van der Waals surface area contributed by atoms with E-state index in [2.05, 4.69) is 55.4 Å². The molecule has 5 unspecified atom stereocenters. The molecule has 8 heteroatoms. The molecule has 2 N–H and O–H groups in total. The zero-order valence-corrected chi connectivity index (χ0v) is 34.5. The predicted molar refractivity (Wildman–Crippen MR) is 217 cm³/mol. The van der Waals surface area contributed by atoms with Gasteiger partial charge in [0.2, 0.25) is 0 Å². The van der Waals surface area contributed by atoms with Crippen LogP contribution < -0.4 is 5.30 Å².